The number of aryl methyl sites for hydroxylation is 2. The zero-order chi connectivity index (χ0) is 24.5. The molecule has 35 heavy (non-hydrogen) atoms. The van der Waals surface area contributed by atoms with E-state index in [4.69, 9.17) is 5.73 Å². The molecule has 182 valence electrons. The first-order valence-electron chi connectivity index (χ1n) is 11.5. The molecular formula is C23H27FN10O. The highest BCUT2D eigenvalue weighted by atomic mass is 19.1. The van der Waals surface area contributed by atoms with E-state index in [0.717, 1.165) is 37.6 Å². The first kappa shape index (κ1) is 22.7. The van der Waals surface area contributed by atoms with Gasteiger partial charge >= 0.3 is 0 Å². The molecule has 1 saturated carbocycles. The van der Waals surface area contributed by atoms with Crippen LogP contribution in [-0.4, -0.2) is 47.4 Å². The molecule has 0 saturated heterocycles. The molecule has 0 aromatic carbocycles. The predicted octanol–water partition coefficient (Wildman–Crippen LogP) is 2.98. The number of anilines is 4. The van der Waals surface area contributed by atoms with Crippen LogP contribution in [0.3, 0.4) is 0 Å². The topological polar surface area (TPSA) is 140 Å². The Hall–Kier alpha value is -4.06. The molecule has 1 fully saturated rings. The van der Waals surface area contributed by atoms with E-state index in [1.807, 2.05) is 26.1 Å². The minimum atomic E-state index is -0.631. The van der Waals surface area contributed by atoms with Crippen molar-refractivity contribution in [3.8, 4) is 0 Å². The van der Waals surface area contributed by atoms with Crippen LogP contribution in [0.15, 0.2) is 36.8 Å². The van der Waals surface area contributed by atoms with Crippen LogP contribution in [0.25, 0.3) is 5.65 Å². The number of hydrogen-bond donors (Lipinski definition) is 4. The van der Waals surface area contributed by atoms with E-state index in [1.165, 1.54) is 23.0 Å². The maximum absolute atomic E-state index is 14.0. The molecule has 1 aliphatic rings. The fourth-order valence-electron chi connectivity index (χ4n) is 4.18. The lowest BCUT2D eigenvalue weighted by molar-refractivity contribution is 0.102. The summed E-state index contributed by atoms with van der Waals surface area (Å²) in [7, 11) is 1.86. The number of nitrogens with one attached hydrogen (secondary N) is 3. The Labute approximate surface area is 200 Å². The summed E-state index contributed by atoms with van der Waals surface area (Å²) in [4.78, 5) is 21.2. The second kappa shape index (κ2) is 9.29. The summed E-state index contributed by atoms with van der Waals surface area (Å²) >= 11 is 0. The molecule has 4 aromatic heterocycles. The molecule has 0 unspecified atom stereocenters. The number of pyridine rings is 1. The first-order chi connectivity index (χ1) is 16.9. The number of carbonyl (C=O) groups excluding carboxylic acids is 1. The van der Waals surface area contributed by atoms with Crippen LogP contribution in [0.2, 0.25) is 0 Å². The number of imidazole rings is 1. The number of halogens is 1. The molecule has 0 atom stereocenters. The third-order valence-corrected chi connectivity index (χ3v) is 6.22. The van der Waals surface area contributed by atoms with Crippen molar-refractivity contribution in [1.29, 1.82) is 0 Å². The predicted molar refractivity (Wildman–Crippen MR) is 130 cm³/mol. The van der Waals surface area contributed by atoms with Crippen molar-refractivity contribution >= 4 is 34.6 Å². The maximum Gasteiger partial charge on any atom is 0.276 e. The maximum atomic E-state index is 14.0. The second-order valence-electron chi connectivity index (χ2n) is 8.81. The monoisotopic (exact) mass is 478 g/mol. The van der Waals surface area contributed by atoms with Crippen molar-refractivity contribution < 1.29 is 9.18 Å². The van der Waals surface area contributed by atoms with E-state index >= 15 is 0 Å². The zero-order valence-corrected chi connectivity index (χ0v) is 19.5. The lowest BCUT2D eigenvalue weighted by atomic mass is 9.92. The van der Waals surface area contributed by atoms with Gasteiger partial charge < -0.3 is 21.7 Å². The summed E-state index contributed by atoms with van der Waals surface area (Å²) < 4.78 is 17.3. The van der Waals surface area contributed by atoms with Crippen LogP contribution < -0.4 is 21.7 Å². The van der Waals surface area contributed by atoms with E-state index in [-0.39, 0.29) is 23.5 Å². The van der Waals surface area contributed by atoms with Crippen molar-refractivity contribution in [2.75, 3.05) is 16.0 Å². The quantitative estimate of drug-likeness (QED) is 0.332. The molecule has 0 aliphatic heterocycles. The smallest absolute Gasteiger partial charge is 0.276 e. The van der Waals surface area contributed by atoms with Crippen molar-refractivity contribution in [3.05, 3.63) is 54.0 Å². The van der Waals surface area contributed by atoms with Crippen LogP contribution in [0.4, 0.5) is 27.4 Å². The zero-order valence-electron chi connectivity index (χ0n) is 19.5. The molecule has 0 radical (unpaired) electrons. The van der Waals surface area contributed by atoms with Crippen molar-refractivity contribution in [1.82, 2.24) is 29.4 Å². The number of carbonyl (C=O) groups is 1. The summed E-state index contributed by atoms with van der Waals surface area (Å²) in [6.45, 7) is 1.96. The molecule has 0 bridgehead atoms. The molecule has 4 heterocycles. The Morgan fingerprint density at radius 3 is 2.63 bits per heavy atom. The molecule has 12 heteroatoms. The standard InChI is InChI=1S/C23H27FN10O/c1-13-9-20(31-33(13)2)29-18-10-21(28-15-5-3-14(25)4-6-15)32-34-19(12-27-22(18)34)23(35)30-17-7-8-26-11-16(17)24/h7-12,14-15H,3-6,25H2,1-2H3,(H,28,32)(H,29,31)(H,26,30,35)/t14-,15-. The van der Waals surface area contributed by atoms with Gasteiger partial charge in [0.1, 0.15) is 5.82 Å². The summed E-state index contributed by atoms with van der Waals surface area (Å²) in [6, 6.07) is 5.60. The summed E-state index contributed by atoms with van der Waals surface area (Å²) in [6.07, 6.45) is 7.60. The van der Waals surface area contributed by atoms with Gasteiger partial charge in [-0.05, 0) is 38.7 Å². The highest BCUT2D eigenvalue weighted by molar-refractivity contribution is 6.03. The highest BCUT2D eigenvalue weighted by Gasteiger charge is 2.22. The third-order valence-electron chi connectivity index (χ3n) is 6.22. The Bertz CT molecular complexity index is 1350. The Morgan fingerprint density at radius 1 is 1.11 bits per heavy atom. The van der Waals surface area contributed by atoms with Gasteiger partial charge in [-0.3, -0.25) is 14.5 Å². The van der Waals surface area contributed by atoms with Gasteiger partial charge in [0.2, 0.25) is 0 Å². The summed E-state index contributed by atoms with van der Waals surface area (Å²) in [5.74, 6) is 0.0414. The minimum absolute atomic E-state index is 0.0232. The Balaban J connectivity index is 1.51. The lowest BCUT2D eigenvalue weighted by Gasteiger charge is -2.27. The molecule has 11 nitrogen and oxygen atoms in total. The van der Waals surface area contributed by atoms with Crippen LogP contribution in [0.1, 0.15) is 41.9 Å². The van der Waals surface area contributed by atoms with Gasteiger partial charge in [0.25, 0.3) is 5.91 Å². The minimum Gasteiger partial charge on any atom is -0.366 e. The molecule has 4 aromatic rings. The van der Waals surface area contributed by atoms with Gasteiger partial charge in [0.15, 0.2) is 23.0 Å². The molecule has 1 aliphatic carbocycles. The largest absolute Gasteiger partial charge is 0.366 e. The van der Waals surface area contributed by atoms with Gasteiger partial charge in [-0.1, -0.05) is 0 Å². The SMILES string of the molecule is Cc1cc(Nc2cc(N[C@H]3CC[C@H](N)CC3)nn3c(C(=O)Nc4ccncc4F)cnc23)nn1C. The van der Waals surface area contributed by atoms with Gasteiger partial charge in [-0.15, -0.1) is 5.10 Å². The van der Waals surface area contributed by atoms with E-state index in [1.54, 1.807) is 4.68 Å². The lowest BCUT2D eigenvalue weighted by Crippen LogP contribution is -2.33. The molecular weight excluding hydrogens is 451 g/mol. The molecule has 0 spiro atoms. The second-order valence-corrected chi connectivity index (χ2v) is 8.81. The number of nitrogens with two attached hydrogens (primary N) is 1. The fraction of sp³-hybridized carbons (Fsp3) is 0.348. The van der Waals surface area contributed by atoms with E-state index < -0.39 is 11.7 Å². The number of fused-ring (bicyclic) bond motifs is 1. The van der Waals surface area contributed by atoms with Crippen LogP contribution in [-0.2, 0) is 7.05 Å². The van der Waals surface area contributed by atoms with Gasteiger partial charge in [-0.25, -0.2) is 13.9 Å². The normalized spacial score (nSPS) is 17.9. The third kappa shape index (κ3) is 4.78. The molecule has 5 N–H and O–H groups in total. The van der Waals surface area contributed by atoms with E-state index in [9.17, 15) is 9.18 Å². The van der Waals surface area contributed by atoms with Gasteiger partial charge in [0, 0.05) is 43.2 Å². The van der Waals surface area contributed by atoms with Crippen molar-refractivity contribution in [3.63, 3.8) is 0 Å². The number of amides is 1. The van der Waals surface area contributed by atoms with E-state index in [0.29, 0.717) is 23.0 Å². The van der Waals surface area contributed by atoms with Crippen molar-refractivity contribution in [2.45, 2.75) is 44.7 Å². The Kier molecular flexibility index (Phi) is 6.03. The average molecular weight is 479 g/mol. The summed E-state index contributed by atoms with van der Waals surface area (Å²) in [5, 5.41) is 18.4. The first-order valence-corrected chi connectivity index (χ1v) is 11.5. The number of nitrogens with zero attached hydrogens (tertiary/aromatic N) is 6. The van der Waals surface area contributed by atoms with Crippen molar-refractivity contribution in [2.24, 2.45) is 12.8 Å². The van der Waals surface area contributed by atoms with Gasteiger partial charge in [0.05, 0.1) is 23.8 Å². The number of hydrogen-bond acceptors (Lipinski definition) is 8. The summed E-state index contributed by atoms with van der Waals surface area (Å²) in [5.41, 5.74) is 8.28. The highest BCUT2D eigenvalue weighted by Crippen LogP contribution is 2.27. The average Bonchev–Trinajstić information content (AvgIpc) is 3.39. The number of rotatable bonds is 6. The van der Waals surface area contributed by atoms with Crippen LogP contribution in [0, 0.1) is 12.7 Å². The Morgan fingerprint density at radius 2 is 1.91 bits per heavy atom. The number of aromatic nitrogens is 6. The van der Waals surface area contributed by atoms with Gasteiger partial charge in [-0.2, -0.15) is 5.10 Å². The van der Waals surface area contributed by atoms with Crippen LogP contribution in [0.5, 0.6) is 0 Å². The van der Waals surface area contributed by atoms with E-state index in [2.05, 4.69) is 36.1 Å². The van der Waals surface area contributed by atoms with Crippen LogP contribution >= 0.6 is 0 Å². The fourth-order valence-corrected chi connectivity index (χ4v) is 4.18. The molecule has 1 amide bonds. The molecule has 5 rings (SSSR count).